The average molecular weight is 159 g/mol. The third-order valence-corrected chi connectivity index (χ3v) is 2.37. The Morgan fingerprint density at radius 2 is 2.18 bits per heavy atom. The van der Waals surface area contributed by atoms with Gasteiger partial charge < -0.3 is 10.2 Å². The minimum atomic E-state index is -0.183. The number of aliphatic hydroxyl groups is 2. The van der Waals surface area contributed by atoms with E-state index in [4.69, 9.17) is 5.11 Å². The Bertz CT molecular complexity index is 119. The molecule has 0 radical (unpaired) electrons. The van der Waals surface area contributed by atoms with E-state index in [2.05, 4.69) is 11.8 Å². The Labute approximate surface area is 67.6 Å². The van der Waals surface area contributed by atoms with Crippen LogP contribution < -0.4 is 0 Å². The maximum Gasteiger partial charge on any atom is 0.0667 e. The lowest BCUT2D eigenvalue weighted by Crippen LogP contribution is -2.45. The fourth-order valence-corrected chi connectivity index (χ4v) is 1.60. The van der Waals surface area contributed by atoms with Crippen LogP contribution in [0.5, 0.6) is 0 Å². The van der Waals surface area contributed by atoms with E-state index in [-0.39, 0.29) is 12.7 Å². The highest BCUT2D eigenvalue weighted by atomic mass is 16.3. The summed E-state index contributed by atoms with van der Waals surface area (Å²) < 4.78 is 0. The van der Waals surface area contributed by atoms with Gasteiger partial charge in [-0.15, -0.1) is 0 Å². The summed E-state index contributed by atoms with van der Waals surface area (Å²) in [5, 5.41) is 18.0. The molecule has 2 N–H and O–H groups in total. The fourth-order valence-electron chi connectivity index (χ4n) is 1.60. The monoisotopic (exact) mass is 159 g/mol. The zero-order valence-electron chi connectivity index (χ0n) is 7.03. The number of hydrogen-bond donors (Lipinski definition) is 2. The van der Waals surface area contributed by atoms with Crippen LogP contribution >= 0.6 is 0 Å². The van der Waals surface area contributed by atoms with Gasteiger partial charge in [-0.05, 0) is 19.8 Å². The second-order valence-electron chi connectivity index (χ2n) is 3.30. The minimum absolute atomic E-state index is 0.183. The van der Waals surface area contributed by atoms with Crippen LogP contribution in [0.1, 0.15) is 19.8 Å². The highest BCUT2D eigenvalue weighted by Crippen LogP contribution is 2.15. The SMILES string of the molecule is C[C@@H]1CC[C@@H](O)CN1CCO. The lowest BCUT2D eigenvalue weighted by atomic mass is 10.0. The van der Waals surface area contributed by atoms with Crippen molar-refractivity contribution in [2.75, 3.05) is 19.7 Å². The van der Waals surface area contributed by atoms with Crippen LogP contribution in [0.15, 0.2) is 0 Å². The first-order valence-electron chi connectivity index (χ1n) is 4.27. The van der Waals surface area contributed by atoms with E-state index < -0.39 is 0 Å². The molecule has 1 aliphatic rings. The quantitative estimate of drug-likeness (QED) is 0.587. The van der Waals surface area contributed by atoms with Gasteiger partial charge in [-0.1, -0.05) is 0 Å². The number of rotatable bonds is 2. The Balaban J connectivity index is 2.34. The van der Waals surface area contributed by atoms with Crippen LogP contribution in [-0.4, -0.2) is 47.0 Å². The van der Waals surface area contributed by atoms with Gasteiger partial charge in [0.2, 0.25) is 0 Å². The van der Waals surface area contributed by atoms with Gasteiger partial charge in [0.05, 0.1) is 12.7 Å². The van der Waals surface area contributed by atoms with Crippen LogP contribution in [0.3, 0.4) is 0 Å². The number of β-amino-alcohol motifs (C(OH)–C–C–N with tert-alkyl or cyclic N) is 2. The Morgan fingerprint density at radius 1 is 1.45 bits per heavy atom. The second kappa shape index (κ2) is 4.04. The summed E-state index contributed by atoms with van der Waals surface area (Å²) in [6, 6.07) is 0.519. The first kappa shape index (κ1) is 8.97. The third kappa shape index (κ3) is 2.43. The molecule has 0 aromatic carbocycles. The lowest BCUT2D eigenvalue weighted by molar-refractivity contribution is 0.0319. The van der Waals surface area contributed by atoms with E-state index in [0.29, 0.717) is 12.6 Å². The average Bonchev–Trinajstić information content (AvgIpc) is 1.98. The molecule has 0 aromatic heterocycles. The molecule has 11 heavy (non-hydrogen) atoms. The molecular formula is C8H17NO2. The molecule has 3 heteroatoms. The third-order valence-electron chi connectivity index (χ3n) is 2.37. The van der Waals surface area contributed by atoms with Crippen molar-refractivity contribution in [3.8, 4) is 0 Å². The zero-order valence-corrected chi connectivity index (χ0v) is 7.03. The molecule has 0 unspecified atom stereocenters. The van der Waals surface area contributed by atoms with E-state index >= 15 is 0 Å². The topological polar surface area (TPSA) is 43.7 Å². The molecule has 1 fully saturated rings. The van der Waals surface area contributed by atoms with Gasteiger partial charge in [0.25, 0.3) is 0 Å². The van der Waals surface area contributed by atoms with Gasteiger partial charge in [0.15, 0.2) is 0 Å². The molecule has 3 nitrogen and oxygen atoms in total. The lowest BCUT2D eigenvalue weighted by Gasteiger charge is -2.35. The predicted molar refractivity (Wildman–Crippen MR) is 43.4 cm³/mol. The summed E-state index contributed by atoms with van der Waals surface area (Å²) in [5.74, 6) is 0. The maximum atomic E-state index is 9.30. The van der Waals surface area contributed by atoms with E-state index in [1.54, 1.807) is 0 Å². The van der Waals surface area contributed by atoms with Gasteiger partial charge >= 0.3 is 0 Å². The maximum absolute atomic E-state index is 9.30. The van der Waals surface area contributed by atoms with E-state index in [9.17, 15) is 5.11 Å². The molecular weight excluding hydrogens is 142 g/mol. The molecule has 66 valence electrons. The molecule has 0 bridgehead atoms. The van der Waals surface area contributed by atoms with Gasteiger partial charge in [-0.2, -0.15) is 0 Å². The molecule has 1 saturated heterocycles. The van der Waals surface area contributed by atoms with Crippen molar-refractivity contribution in [1.29, 1.82) is 0 Å². The van der Waals surface area contributed by atoms with Crippen molar-refractivity contribution in [1.82, 2.24) is 4.90 Å². The van der Waals surface area contributed by atoms with Gasteiger partial charge in [0.1, 0.15) is 0 Å². The number of piperidine rings is 1. The van der Waals surface area contributed by atoms with E-state index in [0.717, 1.165) is 19.4 Å². The summed E-state index contributed by atoms with van der Waals surface area (Å²) in [7, 11) is 0. The van der Waals surface area contributed by atoms with Crippen LogP contribution in [0, 0.1) is 0 Å². The van der Waals surface area contributed by atoms with E-state index in [1.807, 2.05) is 0 Å². The largest absolute Gasteiger partial charge is 0.395 e. The van der Waals surface area contributed by atoms with Crippen LogP contribution in [-0.2, 0) is 0 Å². The molecule has 0 aromatic rings. The predicted octanol–water partition coefficient (Wildman–Crippen LogP) is -0.176. The van der Waals surface area contributed by atoms with Crippen molar-refractivity contribution in [2.45, 2.75) is 31.9 Å². The number of aliphatic hydroxyl groups excluding tert-OH is 2. The molecule has 0 aliphatic carbocycles. The van der Waals surface area contributed by atoms with Crippen molar-refractivity contribution < 1.29 is 10.2 Å². The normalized spacial score (nSPS) is 34.1. The smallest absolute Gasteiger partial charge is 0.0667 e. The van der Waals surface area contributed by atoms with Crippen molar-refractivity contribution in [3.63, 3.8) is 0 Å². The zero-order chi connectivity index (χ0) is 8.27. The highest BCUT2D eigenvalue weighted by molar-refractivity contribution is 4.77. The summed E-state index contributed by atoms with van der Waals surface area (Å²) in [4.78, 5) is 2.13. The molecule has 2 atom stereocenters. The standard InChI is InChI=1S/C8H17NO2/c1-7-2-3-8(11)6-9(7)4-5-10/h7-8,10-11H,2-6H2,1H3/t7-,8-/m1/s1. The Kier molecular flexibility index (Phi) is 3.30. The summed E-state index contributed by atoms with van der Waals surface area (Å²) in [5.41, 5.74) is 0. The molecule has 1 rings (SSSR count). The second-order valence-corrected chi connectivity index (χ2v) is 3.30. The summed E-state index contributed by atoms with van der Waals surface area (Å²) in [6.07, 6.45) is 1.77. The molecule has 0 saturated carbocycles. The summed E-state index contributed by atoms with van der Waals surface area (Å²) >= 11 is 0. The minimum Gasteiger partial charge on any atom is -0.395 e. The number of hydrogen-bond acceptors (Lipinski definition) is 3. The fraction of sp³-hybridized carbons (Fsp3) is 1.00. The van der Waals surface area contributed by atoms with Crippen molar-refractivity contribution >= 4 is 0 Å². The van der Waals surface area contributed by atoms with Crippen molar-refractivity contribution in [3.05, 3.63) is 0 Å². The summed E-state index contributed by atoms with van der Waals surface area (Å²) in [6.45, 7) is 3.75. The number of nitrogens with zero attached hydrogens (tertiary/aromatic N) is 1. The highest BCUT2D eigenvalue weighted by Gasteiger charge is 2.22. The van der Waals surface area contributed by atoms with Crippen LogP contribution in [0.2, 0.25) is 0 Å². The first-order valence-corrected chi connectivity index (χ1v) is 4.27. The number of likely N-dealkylation sites (tertiary alicyclic amines) is 1. The molecule has 0 spiro atoms. The first-order chi connectivity index (χ1) is 5.24. The Hall–Kier alpha value is -0.120. The van der Waals surface area contributed by atoms with Crippen LogP contribution in [0.4, 0.5) is 0 Å². The molecule has 0 amide bonds. The molecule has 1 heterocycles. The van der Waals surface area contributed by atoms with Gasteiger partial charge in [-0.25, -0.2) is 0 Å². The van der Waals surface area contributed by atoms with Crippen molar-refractivity contribution in [2.24, 2.45) is 0 Å². The Morgan fingerprint density at radius 3 is 2.82 bits per heavy atom. The van der Waals surface area contributed by atoms with E-state index in [1.165, 1.54) is 0 Å². The van der Waals surface area contributed by atoms with Crippen LogP contribution in [0.25, 0.3) is 0 Å². The van der Waals surface area contributed by atoms with Gasteiger partial charge in [0, 0.05) is 19.1 Å². The van der Waals surface area contributed by atoms with Gasteiger partial charge in [-0.3, -0.25) is 4.90 Å². The molecule has 1 aliphatic heterocycles.